The normalized spacial score (nSPS) is 20.1. The highest BCUT2D eigenvalue weighted by molar-refractivity contribution is 6.42. The lowest BCUT2D eigenvalue weighted by Crippen LogP contribution is -2.54. The number of carbonyl (C=O) groups is 1. The van der Waals surface area contributed by atoms with Crippen LogP contribution in [0, 0.1) is 11.8 Å². The van der Waals surface area contributed by atoms with Crippen molar-refractivity contribution in [3.05, 3.63) is 11.4 Å². The molecule has 0 spiro atoms. The fourth-order valence-corrected chi connectivity index (χ4v) is 3.19. The van der Waals surface area contributed by atoms with Gasteiger partial charge in [-0.15, -0.1) is 0 Å². The van der Waals surface area contributed by atoms with E-state index in [1.54, 1.807) is 0 Å². The van der Waals surface area contributed by atoms with E-state index in [2.05, 4.69) is 46.4 Å². The molecule has 0 saturated carbocycles. The van der Waals surface area contributed by atoms with Crippen LogP contribution in [-0.4, -0.2) is 28.0 Å². The van der Waals surface area contributed by atoms with E-state index in [1.807, 2.05) is 20.8 Å². The van der Waals surface area contributed by atoms with Gasteiger partial charge in [-0.05, 0) is 46.5 Å². The number of rotatable bonds is 3. The number of ketones is 1. The molecule has 3 heteroatoms. The lowest BCUT2D eigenvalue weighted by molar-refractivity contribution is -0.122. The Hall–Kier alpha value is -1.12. The Morgan fingerprint density at radius 3 is 1.85 bits per heavy atom. The second-order valence-corrected chi connectivity index (χ2v) is 7.13. The van der Waals surface area contributed by atoms with Gasteiger partial charge >= 0.3 is 0 Å². The van der Waals surface area contributed by atoms with Crippen molar-refractivity contribution in [1.82, 2.24) is 4.90 Å². The molecule has 0 aromatic rings. The maximum Gasteiger partial charge on any atom is 0.201 e. The van der Waals surface area contributed by atoms with Gasteiger partial charge in [0.15, 0.2) is 0 Å². The minimum absolute atomic E-state index is 0.125. The van der Waals surface area contributed by atoms with Crippen molar-refractivity contribution in [3.63, 3.8) is 0 Å². The van der Waals surface area contributed by atoms with Crippen LogP contribution in [0.5, 0.6) is 0 Å². The highest BCUT2D eigenvalue weighted by atomic mass is 16.1. The van der Waals surface area contributed by atoms with Crippen molar-refractivity contribution in [2.45, 2.75) is 73.9 Å². The number of allylic oxidation sites excluding steroid dienone is 2. The summed E-state index contributed by atoms with van der Waals surface area (Å²) in [7, 11) is 0. The number of carbonyl (C=O) groups excluding carboxylic acids is 1. The zero-order valence-electron chi connectivity index (χ0n) is 14.5. The lowest BCUT2D eigenvalue weighted by Gasteiger charge is -2.44. The van der Waals surface area contributed by atoms with Gasteiger partial charge in [0.1, 0.15) is 0 Å². The summed E-state index contributed by atoms with van der Waals surface area (Å²) in [5, 5.41) is 0. The SMILES string of the molecule is CC1=NC(C(C)C)=C(C(C)C)N(C(C)C)C(C)(C)C1=O. The Morgan fingerprint density at radius 2 is 1.50 bits per heavy atom. The highest BCUT2D eigenvalue weighted by Gasteiger charge is 2.42. The molecule has 0 radical (unpaired) electrons. The molecule has 1 aliphatic heterocycles. The summed E-state index contributed by atoms with van der Waals surface area (Å²) in [6.45, 7) is 18.8. The van der Waals surface area contributed by atoms with Gasteiger partial charge in [0.2, 0.25) is 5.78 Å². The molecule has 20 heavy (non-hydrogen) atoms. The third kappa shape index (κ3) is 2.82. The molecule has 0 saturated heterocycles. The summed E-state index contributed by atoms with van der Waals surface area (Å²) in [6, 6.07) is 0.265. The van der Waals surface area contributed by atoms with Crippen molar-refractivity contribution in [3.8, 4) is 0 Å². The largest absolute Gasteiger partial charge is 0.358 e. The molecule has 0 amide bonds. The minimum atomic E-state index is -0.544. The topological polar surface area (TPSA) is 32.7 Å². The zero-order valence-corrected chi connectivity index (χ0v) is 14.5. The Bertz CT molecular complexity index is 454. The standard InChI is InChI=1S/C17H30N2O/c1-10(2)14-15(11(3)4)19(12(5)6)17(8,9)16(20)13(7)18-14/h10-12H,1-9H3. The van der Waals surface area contributed by atoms with Crippen LogP contribution in [0.15, 0.2) is 16.4 Å². The van der Waals surface area contributed by atoms with Crippen molar-refractivity contribution >= 4 is 11.5 Å². The first-order chi connectivity index (χ1) is 9.01. The monoisotopic (exact) mass is 278 g/mol. The molecule has 1 heterocycles. The molecule has 1 aliphatic rings. The number of hydrogen-bond donors (Lipinski definition) is 0. The summed E-state index contributed by atoms with van der Waals surface area (Å²) >= 11 is 0. The van der Waals surface area contributed by atoms with E-state index >= 15 is 0 Å². The molecule has 0 aromatic carbocycles. The van der Waals surface area contributed by atoms with Crippen molar-refractivity contribution in [2.75, 3.05) is 0 Å². The van der Waals surface area contributed by atoms with Gasteiger partial charge in [-0.3, -0.25) is 9.79 Å². The quantitative estimate of drug-likeness (QED) is 0.780. The van der Waals surface area contributed by atoms with Crippen LogP contribution in [0.3, 0.4) is 0 Å². The Labute approximate surface area is 124 Å². The molecule has 114 valence electrons. The van der Waals surface area contributed by atoms with E-state index in [0.717, 1.165) is 5.70 Å². The van der Waals surface area contributed by atoms with Crippen LogP contribution >= 0.6 is 0 Å². The van der Waals surface area contributed by atoms with Crippen LogP contribution in [-0.2, 0) is 4.79 Å². The number of Topliss-reactive ketones (excluding diaryl/α,β-unsaturated/α-hetero) is 1. The van der Waals surface area contributed by atoms with E-state index in [1.165, 1.54) is 5.70 Å². The average Bonchev–Trinajstić information content (AvgIpc) is 2.36. The van der Waals surface area contributed by atoms with E-state index in [4.69, 9.17) is 4.99 Å². The van der Waals surface area contributed by atoms with Gasteiger partial charge in [-0.1, -0.05) is 27.7 Å². The Kier molecular flexibility index (Phi) is 4.83. The molecule has 3 nitrogen and oxygen atoms in total. The number of aliphatic imine (C=N–C) groups is 1. The smallest absolute Gasteiger partial charge is 0.201 e. The maximum atomic E-state index is 12.7. The zero-order chi connectivity index (χ0) is 15.8. The van der Waals surface area contributed by atoms with Crippen molar-refractivity contribution in [1.29, 1.82) is 0 Å². The molecule has 0 aromatic heterocycles. The molecule has 0 fully saturated rings. The Morgan fingerprint density at radius 1 is 1.00 bits per heavy atom. The van der Waals surface area contributed by atoms with Crippen molar-refractivity contribution in [2.24, 2.45) is 16.8 Å². The highest BCUT2D eigenvalue weighted by Crippen LogP contribution is 2.36. The molecule has 0 N–H and O–H groups in total. The minimum Gasteiger partial charge on any atom is -0.358 e. The van der Waals surface area contributed by atoms with Gasteiger partial charge < -0.3 is 4.90 Å². The summed E-state index contributed by atoms with van der Waals surface area (Å²) in [5.74, 6) is 0.779. The van der Waals surface area contributed by atoms with Gasteiger partial charge in [0.25, 0.3) is 0 Å². The van der Waals surface area contributed by atoms with E-state index in [9.17, 15) is 4.79 Å². The van der Waals surface area contributed by atoms with Crippen LogP contribution in [0.25, 0.3) is 0 Å². The number of nitrogens with zero attached hydrogens (tertiary/aromatic N) is 2. The second-order valence-electron chi connectivity index (χ2n) is 7.13. The molecule has 0 atom stereocenters. The van der Waals surface area contributed by atoms with Gasteiger partial charge in [-0.2, -0.15) is 0 Å². The molecule has 0 aliphatic carbocycles. The predicted octanol–water partition coefficient (Wildman–Crippen LogP) is 4.04. The van der Waals surface area contributed by atoms with Crippen LogP contribution in [0.1, 0.15) is 62.3 Å². The summed E-state index contributed by atoms with van der Waals surface area (Å²) in [4.78, 5) is 19.7. The molecular weight excluding hydrogens is 248 g/mol. The van der Waals surface area contributed by atoms with Gasteiger partial charge in [0.05, 0.1) is 16.9 Å². The molecule has 1 rings (SSSR count). The van der Waals surface area contributed by atoms with Crippen LogP contribution in [0.4, 0.5) is 0 Å². The summed E-state index contributed by atoms with van der Waals surface area (Å²) in [6.07, 6.45) is 0. The van der Waals surface area contributed by atoms with Crippen LogP contribution < -0.4 is 0 Å². The molecular formula is C17H30N2O. The molecule has 0 unspecified atom stereocenters. The lowest BCUT2D eigenvalue weighted by atomic mass is 9.89. The van der Waals surface area contributed by atoms with E-state index in [-0.39, 0.29) is 11.8 Å². The fraction of sp³-hybridized carbons (Fsp3) is 0.765. The fourth-order valence-electron chi connectivity index (χ4n) is 3.19. The molecule has 0 bridgehead atoms. The summed E-state index contributed by atoms with van der Waals surface area (Å²) in [5.41, 5.74) is 2.35. The third-order valence-electron chi connectivity index (χ3n) is 3.91. The average molecular weight is 278 g/mol. The Balaban J connectivity index is 3.68. The first-order valence-corrected chi connectivity index (χ1v) is 7.65. The van der Waals surface area contributed by atoms with E-state index in [0.29, 0.717) is 17.5 Å². The van der Waals surface area contributed by atoms with E-state index < -0.39 is 5.54 Å². The summed E-state index contributed by atoms with van der Waals surface area (Å²) < 4.78 is 0. The van der Waals surface area contributed by atoms with Crippen molar-refractivity contribution < 1.29 is 4.79 Å². The third-order valence-corrected chi connectivity index (χ3v) is 3.91. The number of hydrogen-bond acceptors (Lipinski definition) is 3. The van der Waals surface area contributed by atoms with Crippen LogP contribution in [0.2, 0.25) is 0 Å². The predicted molar refractivity (Wildman–Crippen MR) is 85.9 cm³/mol. The first kappa shape index (κ1) is 16.9. The second kappa shape index (κ2) is 5.71. The van der Waals surface area contributed by atoms with Gasteiger partial charge in [-0.25, -0.2) is 0 Å². The maximum absolute atomic E-state index is 12.7. The first-order valence-electron chi connectivity index (χ1n) is 7.65. The van der Waals surface area contributed by atoms with Gasteiger partial charge in [0, 0.05) is 11.7 Å².